The molecule has 1 heterocycles. The summed E-state index contributed by atoms with van der Waals surface area (Å²) in [6, 6.07) is 5.18. The lowest BCUT2D eigenvalue weighted by Crippen LogP contribution is -2.44. The molecule has 0 atom stereocenters. The number of nitrogens with zero attached hydrogens (tertiary/aromatic N) is 1. The normalized spacial score (nSPS) is 20.3. The van der Waals surface area contributed by atoms with Gasteiger partial charge in [-0.05, 0) is 31.0 Å². The van der Waals surface area contributed by atoms with Crippen LogP contribution in [0.3, 0.4) is 0 Å². The van der Waals surface area contributed by atoms with Crippen molar-refractivity contribution in [2.75, 3.05) is 43.1 Å². The van der Waals surface area contributed by atoms with Gasteiger partial charge in [-0.2, -0.15) is 0 Å². The van der Waals surface area contributed by atoms with Crippen LogP contribution in [0.25, 0.3) is 0 Å². The van der Waals surface area contributed by atoms with Crippen LogP contribution in [0.1, 0.15) is 38.5 Å². The fraction of sp³-hybridized carbons (Fsp3) is 0.632. The molecule has 2 amide bonds. The minimum Gasteiger partial charge on any atom is -0.388 e. The summed E-state index contributed by atoms with van der Waals surface area (Å²) in [6.07, 6.45) is 5.80. The van der Waals surface area contributed by atoms with Crippen LogP contribution in [0.4, 0.5) is 16.2 Å². The van der Waals surface area contributed by atoms with Gasteiger partial charge in [0, 0.05) is 24.7 Å². The van der Waals surface area contributed by atoms with Crippen LogP contribution in [0.5, 0.6) is 0 Å². The second kappa shape index (κ2) is 8.93. The summed E-state index contributed by atoms with van der Waals surface area (Å²) >= 11 is 6.12. The maximum absolute atomic E-state index is 12.4. The largest absolute Gasteiger partial charge is 0.388 e. The zero-order valence-electron chi connectivity index (χ0n) is 15.1. The van der Waals surface area contributed by atoms with E-state index in [1.807, 2.05) is 12.1 Å². The molecule has 1 saturated heterocycles. The molecule has 26 heavy (non-hydrogen) atoms. The number of anilines is 2. The van der Waals surface area contributed by atoms with Crippen molar-refractivity contribution >= 4 is 29.0 Å². The quantitative estimate of drug-likeness (QED) is 0.699. The Bertz CT molecular complexity index is 612. The highest BCUT2D eigenvalue weighted by Gasteiger charge is 2.28. The zero-order chi connectivity index (χ0) is 18.4. The summed E-state index contributed by atoms with van der Waals surface area (Å²) in [5, 5.41) is 17.0. The molecule has 0 unspecified atom stereocenters. The Morgan fingerprint density at radius 2 is 1.88 bits per heavy atom. The maximum atomic E-state index is 12.4. The van der Waals surface area contributed by atoms with Crippen molar-refractivity contribution in [1.82, 2.24) is 5.32 Å². The van der Waals surface area contributed by atoms with E-state index < -0.39 is 5.60 Å². The van der Waals surface area contributed by atoms with Gasteiger partial charge in [-0.1, -0.05) is 37.3 Å². The topological polar surface area (TPSA) is 73.8 Å². The average Bonchev–Trinajstić information content (AvgIpc) is 2.86. The number of morpholine rings is 1. The number of carbonyl (C=O) groups excluding carboxylic acids is 1. The summed E-state index contributed by atoms with van der Waals surface area (Å²) < 4.78 is 5.40. The van der Waals surface area contributed by atoms with Gasteiger partial charge in [0.2, 0.25) is 0 Å². The molecule has 2 aliphatic rings. The van der Waals surface area contributed by atoms with Crippen molar-refractivity contribution in [3.63, 3.8) is 0 Å². The van der Waals surface area contributed by atoms with Crippen LogP contribution in [0, 0.1) is 0 Å². The molecule has 0 aromatic heterocycles. The maximum Gasteiger partial charge on any atom is 0.319 e. The molecule has 1 aliphatic heterocycles. The Balaban J connectivity index is 1.62. The summed E-state index contributed by atoms with van der Waals surface area (Å²) in [5.74, 6) is 0. The van der Waals surface area contributed by atoms with E-state index in [-0.39, 0.29) is 12.6 Å². The molecule has 3 rings (SSSR count). The van der Waals surface area contributed by atoms with Crippen LogP contribution >= 0.6 is 11.6 Å². The van der Waals surface area contributed by atoms with E-state index in [9.17, 15) is 9.90 Å². The number of halogens is 1. The first-order chi connectivity index (χ1) is 12.6. The van der Waals surface area contributed by atoms with E-state index in [0.717, 1.165) is 57.3 Å². The van der Waals surface area contributed by atoms with E-state index in [2.05, 4.69) is 15.5 Å². The number of aliphatic hydroxyl groups is 1. The van der Waals surface area contributed by atoms with Gasteiger partial charge < -0.3 is 25.4 Å². The molecular formula is C19H28ClN3O3. The van der Waals surface area contributed by atoms with Gasteiger partial charge >= 0.3 is 6.03 Å². The first-order valence-corrected chi connectivity index (χ1v) is 9.83. The van der Waals surface area contributed by atoms with E-state index in [1.54, 1.807) is 6.07 Å². The zero-order valence-corrected chi connectivity index (χ0v) is 15.9. The van der Waals surface area contributed by atoms with E-state index in [4.69, 9.17) is 16.3 Å². The van der Waals surface area contributed by atoms with Crippen LogP contribution < -0.4 is 15.5 Å². The van der Waals surface area contributed by atoms with Crippen molar-refractivity contribution in [3.05, 3.63) is 23.2 Å². The predicted molar refractivity (Wildman–Crippen MR) is 104 cm³/mol. The number of benzene rings is 1. The molecule has 1 saturated carbocycles. The van der Waals surface area contributed by atoms with Gasteiger partial charge in [0.1, 0.15) is 0 Å². The van der Waals surface area contributed by atoms with E-state index >= 15 is 0 Å². The van der Waals surface area contributed by atoms with Crippen molar-refractivity contribution < 1.29 is 14.6 Å². The van der Waals surface area contributed by atoms with E-state index in [0.29, 0.717) is 23.9 Å². The molecule has 2 fully saturated rings. The van der Waals surface area contributed by atoms with Crippen molar-refractivity contribution in [2.24, 2.45) is 0 Å². The molecule has 1 aromatic rings. The molecule has 1 aromatic carbocycles. The van der Waals surface area contributed by atoms with Crippen molar-refractivity contribution in [1.29, 1.82) is 0 Å². The molecule has 7 heteroatoms. The fourth-order valence-electron chi connectivity index (χ4n) is 3.66. The van der Waals surface area contributed by atoms with Gasteiger partial charge in [0.05, 0.1) is 30.2 Å². The summed E-state index contributed by atoms with van der Waals surface area (Å²) in [6.45, 7) is 3.16. The fourth-order valence-corrected chi connectivity index (χ4v) is 3.84. The minimum atomic E-state index is -0.796. The smallest absolute Gasteiger partial charge is 0.319 e. The lowest BCUT2D eigenvalue weighted by Gasteiger charge is -2.31. The monoisotopic (exact) mass is 381 g/mol. The summed E-state index contributed by atoms with van der Waals surface area (Å²) in [4.78, 5) is 14.6. The van der Waals surface area contributed by atoms with Crippen molar-refractivity contribution in [2.45, 2.75) is 44.1 Å². The van der Waals surface area contributed by atoms with Gasteiger partial charge in [-0.25, -0.2) is 4.79 Å². The van der Waals surface area contributed by atoms with Gasteiger partial charge in [0.25, 0.3) is 0 Å². The Morgan fingerprint density at radius 3 is 2.58 bits per heavy atom. The number of hydrogen-bond donors (Lipinski definition) is 3. The number of urea groups is 1. The van der Waals surface area contributed by atoms with Gasteiger partial charge in [0.15, 0.2) is 0 Å². The predicted octanol–water partition coefficient (Wildman–Crippen LogP) is 3.38. The third-order valence-electron chi connectivity index (χ3n) is 5.17. The molecule has 0 spiro atoms. The first kappa shape index (κ1) is 19.3. The number of hydrogen-bond acceptors (Lipinski definition) is 4. The molecule has 0 radical (unpaired) electrons. The van der Waals surface area contributed by atoms with Crippen LogP contribution in [-0.2, 0) is 4.74 Å². The number of nitrogens with one attached hydrogen (secondary N) is 2. The molecular weight excluding hydrogens is 354 g/mol. The average molecular weight is 382 g/mol. The number of amides is 2. The summed E-state index contributed by atoms with van der Waals surface area (Å²) in [5.41, 5.74) is 0.806. The lowest BCUT2D eigenvalue weighted by atomic mass is 9.95. The highest BCUT2D eigenvalue weighted by Crippen LogP contribution is 2.30. The second-order valence-electron chi connectivity index (χ2n) is 7.21. The number of carbonyl (C=O) groups is 1. The van der Waals surface area contributed by atoms with Gasteiger partial charge in [-0.15, -0.1) is 0 Å². The molecule has 6 nitrogen and oxygen atoms in total. The van der Waals surface area contributed by atoms with Gasteiger partial charge in [-0.3, -0.25) is 0 Å². The van der Waals surface area contributed by atoms with Crippen LogP contribution in [-0.4, -0.2) is 49.6 Å². The Labute approximate surface area is 159 Å². The van der Waals surface area contributed by atoms with E-state index in [1.165, 1.54) is 0 Å². The highest BCUT2D eigenvalue weighted by molar-refractivity contribution is 6.31. The SMILES string of the molecule is O=C(NCC1(O)CCCCCC1)Nc1cc(Cl)ccc1N1CCOCC1. The van der Waals surface area contributed by atoms with Crippen molar-refractivity contribution in [3.8, 4) is 0 Å². The number of rotatable bonds is 4. The third-order valence-corrected chi connectivity index (χ3v) is 5.41. The van der Waals surface area contributed by atoms with Crippen LogP contribution in [0.15, 0.2) is 18.2 Å². The lowest BCUT2D eigenvalue weighted by molar-refractivity contribution is 0.0281. The first-order valence-electron chi connectivity index (χ1n) is 9.45. The molecule has 1 aliphatic carbocycles. The highest BCUT2D eigenvalue weighted by atomic mass is 35.5. The molecule has 144 valence electrons. The summed E-state index contributed by atoms with van der Waals surface area (Å²) in [7, 11) is 0. The van der Waals surface area contributed by atoms with Crippen LogP contribution in [0.2, 0.25) is 5.02 Å². The minimum absolute atomic E-state index is 0.270. The molecule has 3 N–H and O–H groups in total. The Hall–Kier alpha value is -1.50. The molecule has 0 bridgehead atoms. The second-order valence-corrected chi connectivity index (χ2v) is 7.64. The Kier molecular flexibility index (Phi) is 6.62. The Morgan fingerprint density at radius 1 is 1.19 bits per heavy atom. The third kappa shape index (κ3) is 5.25. The number of ether oxygens (including phenoxy) is 1. The standard InChI is InChI=1S/C19H28ClN3O3/c20-15-5-6-17(23-9-11-26-12-10-23)16(13-15)22-18(24)21-14-19(25)7-3-1-2-4-8-19/h5-6,13,25H,1-4,7-12,14H2,(H2,21,22,24).